The van der Waals surface area contributed by atoms with Gasteiger partial charge in [-0.2, -0.15) is 0 Å². The molecule has 0 saturated heterocycles. The zero-order valence-electron chi connectivity index (χ0n) is 11.7. The van der Waals surface area contributed by atoms with Crippen molar-refractivity contribution in [3.63, 3.8) is 0 Å². The molecule has 0 radical (unpaired) electrons. The zero-order chi connectivity index (χ0) is 16.0. The monoisotopic (exact) mass is 321 g/mol. The number of ether oxygens (including phenoxy) is 1. The molecule has 116 valence electrons. The lowest BCUT2D eigenvalue weighted by molar-refractivity contribution is -0.123. The highest BCUT2D eigenvalue weighted by Gasteiger charge is 2.22. The van der Waals surface area contributed by atoms with Crippen LogP contribution in [0.4, 0.5) is 0 Å². The molecule has 2 rings (SSSR count). The van der Waals surface area contributed by atoms with Crippen LogP contribution in [0.2, 0.25) is 0 Å². The minimum absolute atomic E-state index is 0.00527. The van der Waals surface area contributed by atoms with E-state index in [1.807, 2.05) is 30.3 Å². The van der Waals surface area contributed by atoms with Crippen LogP contribution < -0.4 is 15.4 Å². The SMILES string of the molecule is O=C(COc1ccccc1P(=O)(O)O)NCc1ccccc1. The van der Waals surface area contributed by atoms with Gasteiger partial charge in [-0.25, -0.2) is 0 Å². The van der Waals surface area contributed by atoms with Gasteiger partial charge >= 0.3 is 7.60 Å². The molecule has 0 heterocycles. The number of para-hydroxylation sites is 1. The summed E-state index contributed by atoms with van der Waals surface area (Å²) in [4.78, 5) is 30.2. The molecule has 0 saturated carbocycles. The van der Waals surface area contributed by atoms with E-state index >= 15 is 0 Å². The Hall–Kier alpha value is -2.14. The summed E-state index contributed by atoms with van der Waals surface area (Å²) in [6, 6.07) is 15.1. The zero-order valence-corrected chi connectivity index (χ0v) is 12.6. The summed E-state index contributed by atoms with van der Waals surface area (Å²) >= 11 is 0. The van der Waals surface area contributed by atoms with Crippen molar-refractivity contribution in [2.45, 2.75) is 6.54 Å². The Morgan fingerprint density at radius 2 is 1.68 bits per heavy atom. The molecular weight excluding hydrogens is 305 g/mol. The third-order valence-corrected chi connectivity index (χ3v) is 3.87. The van der Waals surface area contributed by atoms with Crippen molar-refractivity contribution in [2.75, 3.05) is 6.61 Å². The summed E-state index contributed by atoms with van der Waals surface area (Å²) in [5, 5.41) is 2.44. The molecule has 0 aromatic heterocycles. The van der Waals surface area contributed by atoms with Crippen LogP contribution >= 0.6 is 7.60 Å². The van der Waals surface area contributed by atoms with Gasteiger partial charge in [0.05, 0.1) is 0 Å². The Kier molecular flexibility index (Phi) is 5.33. The lowest BCUT2D eigenvalue weighted by Crippen LogP contribution is -2.29. The Morgan fingerprint density at radius 3 is 2.36 bits per heavy atom. The average molecular weight is 321 g/mol. The third-order valence-electron chi connectivity index (χ3n) is 2.87. The second-order valence-electron chi connectivity index (χ2n) is 4.56. The van der Waals surface area contributed by atoms with E-state index in [1.54, 1.807) is 6.07 Å². The predicted molar refractivity (Wildman–Crippen MR) is 81.9 cm³/mol. The Morgan fingerprint density at radius 1 is 1.05 bits per heavy atom. The van der Waals surface area contributed by atoms with Crippen molar-refractivity contribution < 1.29 is 23.9 Å². The summed E-state index contributed by atoms with van der Waals surface area (Å²) in [6.45, 7) is 0.0486. The van der Waals surface area contributed by atoms with Crippen LogP contribution in [-0.4, -0.2) is 22.3 Å². The smallest absolute Gasteiger partial charge is 0.359 e. The summed E-state index contributed by atoms with van der Waals surface area (Å²) in [6.07, 6.45) is 0. The van der Waals surface area contributed by atoms with Crippen molar-refractivity contribution in [1.82, 2.24) is 5.32 Å². The third kappa shape index (κ3) is 4.70. The van der Waals surface area contributed by atoms with Crippen LogP contribution in [0, 0.1) is 0 Å². The highest BCUT2D eigenvalue weighted by molar-refractivity contribution is 7.60. The predicted octanol–water partition coefficient (Wildman–Crippen LogP) is 1.18. The normalized spacial score (nSPS) is 11.0. The molecule has 0 aliphatic carbocycles. The van der Waals surface area contributed by atoms with Crippen LogP contribution in [0.3, 0.4) is 0 Å². The van der Waals surface area contributed by atoms with Crippen LogP contribution in [0.25, 0.3) is 0 Å². The molecule has 1 amide bonds. The van der Waals surface area contributed by atoms with Crippen molar-refractivity contribution in [3.8, 4) is 5.75 Å². The van der Waals surface area contributed by atoms with Crippen molar-refractivity contribution in [3.05, 3.63) is 60.2 Å². The molecule has 6 nitrogen and oxygen atoms in total. The van der Waals surface area contributed by atoms with Crippen LogP contribution in [0.1, 0.15) is 5.56 Å². The molecule has 7 heteroatoms. The van der Waals surface area contributed by atoms with Gasteiger partial charge in [0, 0.05) is 6.54 Å². The summed E-state index contributed by atoms with van der Waals surface area (Å²) in [5.74, 6) is -0.366. The number of benzene rings is 2. The lowest BCUT2D eigenvalue weighted by Gasteiger charge is -2.12. The van der Waals surface area contributed by atoms with Crippen molar-refractivity contribution >= 4 is 18.8 Å². The maximum atomic E-state index is 11.7. The first-order valence-electron chi connectivity index (χ1n) is 6.55. The van der Waals surface area contributed by atoms with Crippen molar-refractivity contribution in [2.24, 2.45) is 0 Å². The van der Waals surface area contributed by atoms with Gasteiger partial charge in [-0.1, -0.05) is 42.5 Å². The second kappa shape index (κ2) is 7.22. The molecule has 0 atom stereocenters. The number of rotatable bonds is 6. The van der Waals surface area contributed by atoms with Crippen molar-refractivity contribution in [1.29, 1.82) is 0 Å². The number of nitrogens with one attached hydrogen (secondary N) is 1. The van der Waals surface area contributed by atoms with E-state index in [1.165, 1.54) is 18.2 Å². The van der Waals surface area contributed by atoms with Crippen LogP contribution in [0.5, 0.6) is 5.75 Å². The lowest BCUT2D eigenvalue weighted by atomic mass is 10.2. The molecule has 0 unspecified atom stereocenters. The summed E-state index contributed by atoms with van der Waals surface area (Å²) in [7, 11) is -4.44. The number of hydrogen-bond acceptors (Lipinski definition) is 3. The first-order valence-corrected chi connectivity index (χ1v) is 8.16. The minimum Gasteiger partial charge on any atom is -0.483 e. The highest BCUT2D eigenvalue weighted by atomic mass is 31.2. The molecule has 2 aromatic carbocycles. The van der Waals surface area contributed by atoms with Gasteiger partial charge < -0.3 is 19.8 Å². The standard InChI is InChI=1S/C15H16NO5P/c17-15(16-10-12-6-2-1-3-7-12)11-21-13-8-4-5-9-14(13)22(18,19)20/h1-9H,10-11H2,(H,16,17)(H2,18,19,20). The van der Waals surface area contributed by atoms with E-state index in [2.05, 4.69) is 5.32 Å². The molecule has 2 aromatic rings. The van der Waals surface area contributed by atoms with Gasteiger partial charge in [0.15, 0.2) is 6.61 Å². The van der Waals surface area contributed by atoms with Gasteiger partial charge in [0.2, 0.25) is 0 Å². The quantitative estimate of drug-likeness (QED) is 0.695. The number of amides is 1. The summed E-state index contributed by atoms with van der Waals surface area (Å²) in [5.41, 5.74) is 0.950. The Bertz CT molecular complexity index is 683. The second-order valence-corrected chi connectivity index (χ2v) is 6.13. The Labute approximate surface area is 127 Å². The minimum atomic E-state index is -4.44. The first-order chi connectivity index (χ1) is 10.5. The van der Waals surface area contributed by atoms with E-state index in [-0.39, 0.29) is 23.6 Å². The van der Waals surface area contributed by atoms with Crippen LogP contribution in [-0.2, 0) is 15.9 Å². The number of carbonyl (C=O) groups excluding carboxylic acids is 1. The molecule has 3 N–H and O–H groups in total. The van der Waals surface area contributed by atoms with E-state index in [0.29, 0.717) is 6.54 Å². The molecule has 0 aliphatic rings. The fourth-order valence-electron chi connectivity index (χ4n) is 1.81. The van der Waals surface area contributed by atoms with Gasteiger partial charge in [0.1, 0.15) is 11.1 Å². The average Bonchev–Trinajstić information content (AvgIpc) is 2.51. The molecular formula is C15H16NO5P. The number of carbonyl (C=O) groups is 1. The molecule has 22 heavy (non-hydrogen) atoms. The van der Waals surface area contributed by atoms with E-state index < -0.39 is 7.60 Å². The highest BCUT2D eigenvalue weighted by Crippen LogP contribution is 2.37. The number of hydrogen-bond donors (Lipinski definition) is 3. The van der Waals surface area contributed by atoms with E-state index in [4.69, 9.17) is 4.74 Å². The van der Waals surface area contributed by atoms with Gasteiger partial charge in [0.25, 0.3) is 5.91 Å². The summed E-state index contributed by atoms with van der Waals surface area (Å²) < 4.78 is 16.5. The topological polar surface area (TPSA) is 95.9 Å². The Balaban J connectivity index is 1.91. The van der Waals surface area contributed by atoms with Gasteiger partial charge in [-0.3, -0.25) is 9.36 Å². The molecule has 0 aliphatic heterocycles. The maximum Gasteiger partial charge on any atom is 0.359 e. The van der Waals surface area contributed by atoms with E-state index in [0.717, 1.165) is 5.56 Å². The van der Waals surface area contributed by atoms with E-state index in [9.17, 15) is 19.1 Å². The first kappa shape index (κ1) is 16.2. The largest absolute Gasteiger partial charge is 0.483 e. The van der Waals surface area contributed by atoms with Gasteiger partial charge in [-0.05, 0) is 17.7 Å². The molecule has 0 spiro atoms. The molecule has 0 fully saturated rings. The fraction of sp³-hybridized carbons (Fsp3) is 0.133. The molecule has 0 bridgehead atoms. The van der Waals surface area contributed by atoms with Gasteiger partial charge in [-0.15, -0.1) is 0 Å². The maximum absolute atomic E-state index is 11.7. The van der Waals surface area contributed by atoms with Crippen LogP contribution in [0.15, 0.2) is 54.6 Å². The fourth-order valence-corrected chi connectivity index (χ4v) is 2.52.